The van der Waals surface area contributed by atoms with Gasteiger partial charge in [-0.05, 0) is 56.3 Å². The molecular formula is C20H33N5O. The molecule has 144 valence electrons. The molecule has 2 aliphatic rings. The van der Waals surface area contributed by atoms with Crippen LogP contribution in [0.2, 0.25) is 0 Å². The molecule has 6 nitrogen and oxygen atoms in total. The fraction of sp³-hybridized carbons (Fsp3) is 0.700. The van der Waals surface area contributed by atoms with Crippen molar-refractivity contribution in [2.75, 3.05) is 44.2 Å². The summed E-state index contributed by atoms with van der Waals surface area (Å²) in [7, 11) is 0. The van der Waals surface area contributed by atoms with E-state index in [1.807, 2.05) is 6.20 Å². The normalized spacial score (nSPS) is 19.3. The molecule has 2 aliphatic heterocycles. The van der Waals surface area contributed by atoms with E-state index in [1.54, 1.807) is 0 Å². The van der Waals surface area contributed by atoms with Crippen LogP contribution in [0.4, 0.5) is 10.6 Å². The van der Waals surface area contributed by atoms with Crippen LogP contribution in [0, 0.1) is 5.92 Å². The van der Waals surface area contributed by atoms with Crippen LogP contribution in [0.5, 0.6) is 0 Å². The SMILES string of the molecule is CC1CCN(c2ccc(CNC(=O)NCCN3CCCCC3)cn2)CC1. The van der Waals surface area contributed by atoms with E-state index in [0.717, 1.165) is 50.0 Å². The Morgan fingerprint density at radius 2 is 1.88 bits per heavy atom. The van der Waals surface area contributed by atoms with Crippen molar-refractivity contribution in [3.63, 3.8) is 0 Å². The van der Waals surface area contributed by atoms with Gasteiger partial charge in [0.15, 0.2) is 0 Å². The number of piperidine rings is 2. The number of likely N-dealkylation sites (tertiary alicyclic amines) is 1. The molecule has 3 rings (SSSR count). The Labute approximate surface area is 157 Å². The van der Waals surface area contributed by atoms with Gasteiger partial charge in [0.05, 0.1) is 0 Å². The maximum atomic E-state index is 11.9. The van der Waals surface area contributed by atoms with Crippen LogP contribution >= 0.6 is 0 Å². The maximum absolute atomic E-state index is 11.9. The quantitative estimate of drug-likeness (QED) is 0.820. The molecular weight excluding hydrogens is 326 g/mol. The molecule has 0 saturated carbocycles. The molecule has 1 aromatic rings. The minimum atomic E-state index is -0.101. The van der Waals surface area contributed by atoms with E-state index in [0.29, 0.717) is 13.1 Å². The van der Waals surface area contributed by atoms with Gasteiger partial charge in [0, 0.05) is 38.9 Å². The summed E-state index contributed by atoms with van der Waals surface area (Å²) in [6.07, 6.45) is 8.26. The van der Waals surface area contributed by atoms with Crippen LogP contribution in [0.3, 0.4) is 0 Å². The summed E-state index contributed by atoms with van der Waals surface area (Å²) >= 11 is 0. The lowest BCUT2D eigenvalue weighted by Crippen LogP contribution is -2.41. The summed E-state index contributed by atoms with van der Waals surface area (Å²) in [5, 5.41) is 5.87. The highest BCUT2D eigenvalue weighted by Crippen LogP contribution is 2.21. The molecule has 2 saturated heterocycles. The number of hydrogen-bond acceptors (Lipinski definition) is 4. The summed E-state index contributed by atoms with van der Waals surface area (Å²) in [6, 6.07) is 4.03. The fourth-order valence-corrected chi connectivity index (χ4v) is 3.70. The third-order valence-electron chi connectivity index (χ3n) is 5.53. The highest BCUT2D eigenvalue weighted by Gasteiger charge is 2.16. The van der Waals surface area contributed by atoms with E-state index in [-0.39, 0.29) is 6.03 Å². The number of amides is 2. The lowest BCUT2D eigenvalue weighted by atomic mass is 9.99. The van der Waals surface area contributed by atoms with Crippen LogP contribution in [0.15, 0.2) is 18.3 Å². The molecule has 2 amide bonds. The molecule has 26 heavy (non-hydrogen) atoms. The van der Waals surface area contributed by atoms with Gasteiger partial charge in [-0.25, -0.2) is 9.78 Å². The van der Waals surface area contributed by atoms with Gasteiger partial charge in [-0.15, -0.1) is 0 Å². The zero-order valence-corrected chi connectivity index (χ0v) is 16.0. The highest BCUT2D eigenvalue weighted by atomic mass is 16.2. The minimum absolute atomic E-state index is 0.101. The number of aromatic nitrogens is 1. The van der Waals surface area contributed by atoms with Gasteiger partial charge < -0.3 is 20.4 Å². The first-order valence-corrected chi connectivity index (χ1v) is 10.1. The molecule has 0 spiro atoms. The van der Waals surface area contributed by atoms with Crippen molar-refractivity contribution < 1.29 is 4.79 Å². The Morgan fingerprint density at radius 3 is 2.58 bits per heavy atom. The van der Waals surface area contributed by atoms with Gasteiger partial charge in [0.25, 0.3) is 0 Å². The van der Waals surface area contributed by atoms with E-state index < -0.39 is 0 Å². The van der Waals surface area contributed by atoms with Crippen molar-refractivity contribution in [1.29, 1.82) is 0 Å². The van der Waals surface area contributed by atoms with Gasteiger partial charge in [0.1, 0.15) is 5.82 Å². The standard InChI is InChI=1S/C20H33N5O/c1-17-7-12-25(13-8-17)19-6-5-18(15-22-19)16-23-20(26)21-9-14-24-10-3-2-4-11-24/h5-6,15,17H,2-4,7-14,16H2,1H3,(H2,21,23,26). The molecule has 6 heteroatoms. The average molecular weight is 360 g/mol. The van der Waals surface area contributed by atoms with Gasteiger partial charge in [-0.1, -0.05) is 19.4 Å². The molecule has 0 unspecified atom stereocenters. The predicted molar refractivity (Wildman–Crippen MR) is 105 cm³/mol. The number of nitrogens with one attached hydrogen (secondary N) is 2. The number of pyridine rings is 1. The molecule has 1 aromatic heterocycles. The molecule has 0 radical (unpaired) electrons. The first-order valence-electron chi connectivity index (χ1n) is 10.1. The van der Waals surface area contributed by atoms with Gasteiger partial charge in [-0.3, -0.25) is 0 Å². The lowest BCUT2D eigenvalue weighted by Gasteiger charge is -2.31. The molecule has 0 aliphatic carbocycles. The number of carbonyl (C=O) groups excluding carboxylic acids is 1. The number of nitrogens with zero attached hydrogens (tertiary/aromatic N) is 3. The van der Waals surface area contributed by atoms with Gasteiger partial charge >= 0.3 is 6.03 Å². The molecule has 2 fully saturated rings. The summed E-state index contributed by atoms with van der Waals surface area (Å²) in [5.74, 6) is 1.87. The Balaban J connectivity index is 1.34. The second kappa shape index (κ2) is 9.76. The topological polar surface area (TPSA) is 60.5 Å². The zero-order chi connectivity index (χ0) is 18.2. The van der Waals surface area contributed by atoms with E-state index in [1.165, 1.54) is 32.1 Å². The van der Waals surface area contributed by atoms with E-state index in [9.17, 15) is 4.79 Å². The smallest absolute Gasteiger partial charge is 0.315 e. The Kier molecular flexibility index (Phi) is 7.12. The summed E-state index contributed by atoms with van der Waals surface area (Å²) < 4.78 is 0. The van der Waals surface area contributed by atoms with Crippen LogP contribution in [-0.4, -0.2) is 55.2 Å². The number of rotatable bonds is 6. The summed E-state index contributed by atoms with van der Waals surface area (Å²) in [5.41, 5.74) is 1.03. The third-order valence-corrected chi connectivity index (χ3v) is 5.53. The summed E-state index contributed by atoms with van der Waals surface area (Å²) in [6.45, 7) is 8.98. The van der Waals surface area contributed by atoms with Crippen LogP contribution < -0.4 is 15.5 Å². The fourth-order valence-electron chi connectivity index (χ4n) is 3.70. The average Bonchev–Trinajstić information content (AvgIpc) is 2.68. The van der Waals surface area contributed by atoms with E-state index in [4.69, 9.17) is 0 Å². The summed E-state index contributed by atoms with van der Waals surface area (Å²) in [4.78, 5) is 21.3. The second-order valence-electron chi connectivity index (χ2n) is 7.71. The Hall–Kier alpha value is -1.82. The Bertz CT molecular complexity index is 548. The van der Waals surface area contributed by atoms with Crippen molar-refractivity contribution in [3.8, 4) is 0 Å². The molecule has 3 heterocycles. The lowest BCUT2D eigenvalue weighted by molar-refractivity contribution is 0.220. The van der Waals surface area contributed by atoms with Crippen LogP contribution in [0.25, 0.3) is 0 Å². The minimum Gasteiger partial charge on any atom is -0.357 e. The maximum Gasteiger partial charge on any atom is 0.315 e. The van der Waals surface area contributed by atoms with Crippen molar-refractivity contribution in [1.82, 2.24) is 20.5 Å². The number of anilines is 1. The molecule has 2 N–H and O–H groups in total. The Morgan fingerprint density at radius 1 is 1.12 bits per heavy atom. The number of carbonyl (C=O) groups is 1. The van der Waals surface area contributed by atoms with Gasteiger partial charge in [-0.2, -0.15) is 0 Å². The third kappa shape index (κ3) is 5.87. The monoisotopic (exact) mass is 359 g/mol. The number of urea groups is 1. The van der Waals surface area contributed by atoms with Crippen molar-refractivity contribution >= 4 is 11.8 Å². The molecule has 0 aromatic carbocycles. The van der Waals surface area contributed by atoms with E-state index >= 15 is 0 Å². The van der Waals surface area contributed by atoms with Crippen molar-refractivity contribution in [2.24, 2.45) is 5.92 Å². The second-order valence-corrected chi connectivity index (χ2v) is 7.71. The zero-order valence-electron chi connectivity index (χ0n) is 16.0. The van der Waals surface area contributed by atoms with Crippen molar-refractivity contribution in [3.05, 3.63) is 23.9 Å². The first-order chi connectivity index (χ1) is 12.7. The van der Waals surface area contributed by atoms with Crippen LogP contribution in [0.1, 0.15) is 44.6 Å². The molecule has 0 bridgehead atoms. The highest BCUT2D eigenvalue weighted by molar-refractivity contribution is 5.73. The molecule has 0 atom stereocenters. The first kappa shape index (κ1) is 19.0. The predicted octanol–water partition coefficient (Wildman–Crippen LogP) is 2.60. The van der Waals surface area contributed by atoms with Crippen molar-refractivity contribution in [2.45, 2.75) is 45.6 Å². The van der Waals surface area contributed by atoms with Crippen LogP contribution in [-0.2, 0) is 6.54 Å². The van der Waals surface area contributed by atoms with E-state index in [2.05, 4.69) is 44.5 Å². The largest absolute Gasteiger partial charge is 0.357 e. The van der Waals surface area contributed by atoms with Gasteiger partial charge in [0.2, 0.25) is 0 Å². The number of hydrogen-bond donors (Lipinski definition) is 2.